The van der Waals surface area contributed by atoms with Crippen LogP contribution < -0.4 is 10.9 Å². The van der Waals surface area contributed by atoms with Crippen molar-refractivity contribution in [1.82, 2.24) is 20.4 Å². The van der Waals surface area contributed by atoms with Crippen molar-refractivity contribution in [1.29, 1.82) is 0 Å². The quantitative estimate of drug-likeness (QED) is 0.208. The van der Waals surface area contributed by atoms with Crippen LogP contribution in [0.5, 0.6) is 0 Å². The smallest absolute Gasteiger partial charge is 0.305 e. The fourth-order valence-electron chi connectivity index (χ4n) is 4.14. The van der Waals surface area contributed by atoms with Crippen molar-refractivity contribution in [2.75, 3.05) is 0 Å². The second-order valence-corrected chi connectivity index (χ2v) is 9.65. The van der Waals surface area contributed by atoms with Gasteiger partial charge in [0.05, 0.1) is 11.0 Å². The average molecular weight is 519 g/mol. The van der Waals surface area contributed by atoms with E-state index in [1.807, 2.05) is 68.4 Å². The number of hydrogen-bond acceptors (Lipinski definition) is 5. The Bertz CT molecular complexity index is 1590. The predicted octanol–water partition coefficient (Wildman–Crippen LogP) is 6.13. The van der Waals surface area contributed by atoms with Crippen LogP contribution in [0.15, 0.2) is 76.0 Å². The van der Waals surface area contributed by atoms with Gasteiger partial charge in [0.1, 0.15) is 11.4 Å². The van der Waals surface area contributed by atoms with Crippen LogP contribution in [0.2, 0.25) is 5.02 Å². The molecule has 0 unspecified atom stereocenters. The molecule has 5 rings (SSSR count). The third-order valence-electron chi connectivity index (χ3n) is 5.91. The zero-order chi connectivity index (χ0) is 25.2. The van der Waals surface area contributed by atoms with Crippen LogP contribution in [0, 0.1) is 6.92 Å². The first-order chi connectivity index (χ1) is 17.4. The molecule has 9 heteroatoms. The molecule has 0 fully saturated rings. The molecule has 0 aliphatic heterocycles. The van der Waals surface area contributed by atoms with Crippen LogP contribution >= 0.6 is 23.4 Å². The molecule has 0 atom stereocenters. The number of imidazole rings is 1. The van der Waals surface area contributed by atoms with Crippen molar-refractivity contribution in [2.24, 2.45) is 0 Å². The summed E-state index contributed by atoms with van der Waals surface area (Å²) in [5.41, 5.74) is 8.43. The summed E-state index contributed by atoms with van der Waals surface area (Å²) in [5, 5.41) is 1.51. The Balaban J connectivity index is 1.33. The molecule has 182 valence electrons. The van der Waals surface area contributed by atoms with Gasteiger partial charge in [0, 0.05) is 38.7 Å². The highest BCUT2D eigenvalue weighted by Crippen LogP contribution is 2.32. The molecule has 36 heavy (non-hydrogen) atoms. The van der Waals surface area contributed by atoms with Gasteiger partial charge in [-0.15, -0.1) is 11.8 Å². The number of carbonyl (C=O) groups excluding carboxylic acids is 2. The van der Waals surface area contributed by atoms with Crippen LogP contribution in [0.25, 0.3) is 22.0 Å². The third kappa shape index (κ3) is 4.69. The highest BCUT2D eigenvalue weighted by atomic mass is 35.5. The molecular formula is C27H23ClN4O3S. The number of carbonyl (C=O) groups is 2. The van der Waals surface area contributed by atoms with E-state index in [1.165, 1.54) is 0 Å². The third-order valence-corrected chi connectivity index (χ3v) is 7.20. The number of benzene rings is 3. The van der Waals surface area contributed by atoms with Crippen molar-refractivity contribution in [3.8, 4) is 0 Å². The number of aryl methyl sites for hydroxylation is 2. The van der Waals surface area contributed by atoms with Gasteiger partial charge in [-0.05, 0) is 62.4 Å². The number of amides is 2. The van der Waals surface area contributed by atoms with Gasteiger partial charge < -0.3 is 8.98 Å². The van der Waals surface area contributed by atoms with E-state index >= 15 is 0 Å². The summed E-state index contributed by atoms with van der Waals surface area (Å²) in [6.07, 6.45) is 0. The van der Waals surface area contributed by atoms with Crippen LogP contribution in [-0.4, -0.2) is 21.4 Å². The van der Waals surface area contributed by atoms with Crippen molar-refractivity contribution in [3.63, 3.8) is 0 Å². The number of hydrazine groups is 1. The number of nitrogens with zero attached hydrogens (tertiary/aromatic N) is 2. The Kier molecular flexibility index (Phi) is 6.71. The first-order valence-electron chi connectivity index (χ1n) is 11.4. The first kappa shape index (κ1) is 24.0. The number of thioether (sulfide) groups is 1. The number of furan rings is 1. The van der Waals surface area contributed by atoms with E-state index < -0.39 is 11.8 Å². The van der Waals surface area contributed by atoms with Crippen molar-refractivity contribution < 1.29 is 14.0 Å². The number of para-hydroxylation sites is 1. The molecule has 0 spiro atoms. The largest absolute Gasteiger partial charge is 0.451 e. The topological polar surface area (TPSA) is 89.2 Å². The maximum absolute atomic E-state index is 13.1. The fourth-order valence-corrected chi connectivity index (χ4v) is 5.20. The molecule has 7 nitrogen and oxygen atoms in total. The molecule has 2 amide bonds. The molecule has 2 heterocycles. The van der Waals surface area contributed by atoms with Gasteiger partial charge in [-0.25, -0.2) is 4.98 Å². The van der Waals surface area contributed by atoms with Gasteiger partial charge in [0.25, 0.3) is 5.91 Å². The molecule has 0 saturated carbocycles. The molecule has 3 aromatic carbocycles. The van der Waals surface area contributed by atoms with E-state index in [0.29, 0.717) is 21.9 Å². The molecular weight excluding hydrogens is 496 g/mol. The van der Waals surface area contributed by atoms with Gasteiger partial charge >= 0.3 is 5.91 Å². The Morgan fingerprint density at radius 1 is 1.03 bits per heavy atom. The van der Waals surface area contributed by atoms with Crippen molar-refractivity contribution in [2.45, 2.75) is 31.0 Å². The SMILES string of the molecule is CCn1c(C)nc2cc(C(=O)NNC(=O)c3oc4ccccc4c3CSc3ccc(Cl)cc3)ccc21. The number of nitrogens with one attached hydrogen (secondary N) is 2. The molecule has 0 aliphatic carbocycles. The molecule has 2 N–H and O–H groups in total. The number of aromatic nitrogens is 2. The van der Waals surface area contributed by atoms with E-state index in [-0.39, 0.29) is 5.76 Å². The van der Waals surface area contributed by atoms with Gasteiger partial charge in [-0.3, -0.25) is 20.4 Å². The van der Waals surface area contributed by atoms with Gasteiger partial charge in [0.2, 0.25) is 0 Å². The zero-order valence-corrected chi connectivity index (χ0v) is 21.2. The molecule has 5 aromatic rings. The Morgan fingerprint density at radius 2 is 1.78 bits per heavy atom. The van der Waals surface area contributed by atoms with Gasteiger partial charge in [-0.2, -0.15) is 0 Å². The van der Waals surface area contributed by atoms with E-state index in [9.17, 15) is 9.59 Å². The van der Waals surface area contributed by atoms with Crippen LogP contribution in [-0.2, 0) is 12.3 Å². The summed E-state index contributed by atoms with van der Waals surface area (Å²) in [7, 11) is 0. The summed E-state index contributed by atoms with van der Waals surface area (Å²) >= 11 is 7.55. The number of rotatable bonds is 6. The standard InChI is InChI=1S/C27H23ClN4O3S/c1-3-32-16(2)29-22-14-17(8-13-23(22)32)26(33)30-31-27(34)25-21(20-6-4-5-7-24(20)35-25)15-36-19-11-9-18(28)10-12-19/h4-14H,3,15H2,1-2H3,(H,30,33)(H,31,34). The summed E-state index contributed by atoms with van der Waals surface area (Å²) in [4.78, 5) is 31.4. The maximum atomic E-state index is 13.1. The van der Waals surface area contributed by atoms with E-state index in [1.54, 1.807) is 23.9 Å². The van der Waals surface area contributed by atoms with E-state index in [0.717, 1.165) is 39.2 Å². The molecule has 0 saturated heterocycles. The minimum absolute atomic E-state index is 0.158. The van der Waals surface area contributed by atoms with Gasteiger partial charge in [0.15, 0.2) is 5.76 Å². The molecule has 0 aliphatic rings. The summed E-state index contributed by atoms with van der Waals surface area (Å²) < 4.78 is 7.96. The lowest BCUT2D eigenvalue weighted by atomic mass is 10.1. The van der Waals surface area contributed by atoms with Crippen LogP contribution in [0.4, 0.5) is 0 Å². The summed E-state index contributed by atoms with van der Waals surface area (Å²) in [6.45, 7) is 4.77. The second kappa shape index (κ2) is 10.1. The molecule has 2 aromatic heterocycles. The van der Waals surface area contributed by atoms with E-state index in [2.05, 4.69) is 20.4 Å². The van der Waals surface area contributed by atoms with E-state index in [4.69, 9.17) is 16.0 Å². The maximum Gasteiger partial charge on any atom is 0.305 e. The molecule has 0 radical (unpaired) electrons. The Hall–Kier alpha value is -3.75. The van der Waals surface area contributed by atoms with Gasteiger partial charge in [-0.1, -0.05) is 29.8 Å². The number of halogens is 1. The Labute approximate surface area is 216 Å². The highest BCUT2D eigenvalue weighted by Gasteiger charge is 2.21. The normalized spacial score (nSPS) is 11.2. The summed E-state index contributed by atoms with van der Waals surface area (Å²) in [6, 6.07) is 20.3. The lowest BCUT2D eigenvalue weighted by Gasteiger charge is -2.08. The lowest BCUT2D eigenvalue weighted by Crippen LogP contribution is -2.41. The predicted molar refractivity (Wildman–Crippen MR) is 142 cm³/mol. The lowest BCUT2D eigenvalue weighted by molar-refractivity contribution is 0.0831. The fraction of sp³-hybridized carbons (Fsp3) is 0.148. The number of fused-ring (bicyclic) bond motifs is 2. The van der Waals surface area contributed by atoms with Crippen molar-refractivity contribution >= 4 is 57.2 Å². The Morgan fingerprint density at radius 3 is 2.56 bits per heavy atom. The zero-order valence-electron chi connectivity index (χ0n) is 19.7. The molecule has 0 bridgehead atoms. The second-order valence-electron chi connectivity index (χ2n) is 8.16. The minimum Gasteiger partial charge on any atom is -0.451 e. The monoisotopic (exact) mass is 518 g/mol. The first-order valence-corrected chi connectivity index (χ1v) is 12.8. The summed E-state index contributed by atoms with van der Waals surface area (Å²) in [5.74, 6) is 0.574. The van der Waals surface area contributed by atoms with Crippen molar-refractivity contribution in [3.05, 3.63) is 94.5 Å². The highest BCUT2D eigenvalue weighted by molar-refractivity contribution is 7.98. The average Bonchev–Trinajstić information content (AvgIpc) is 3.42. The number of hydrogen-bond donors (Lipinski definition) is 2. The minimum atomic E-state index is -0.529. The van der Waals surface area contributed by atoms with Crippen LogP contribution in [0.1, 0.15) is 39.2 Å². The van der Waals surface area contributed by atoms with Crippen LogP contribution in [0.3, 0.4) is 0 Å².